The van der Waals surface area contributed by atoms with E-state index in [0.717, 1.165) is 0 Å². The zero-order valence-corrected chi connectivity index (χ0v) is 21.7. The number of piperidine rings is 1. The van der Waals surface area contributed by atoms with Crippen LogP contribution in [0.15, 0.2) is 30.0 Å². The van der Waals surface area contributed by atoms with Gasteiger partial charge in [-0.3, -0.25) is 0 Å². The smallest absolute Gasteiger partial charge is 1.00 e. The summed E-state index contributed by atoms with van der Waals surface area (Å²) in [5, 5.41) is 0. The molecule has 1 heterocycles. The van der Waals surface area contributed by atoms with E-state index in [4.69, 9.17) is 0 Å². The largest absolute Gasteiger partial charge is 2.00 e. The molecule has 1 aliphatic carbocycles. The van der Waals surface area contributed by atoms with Gasteiger partial charge in [-0.1, -0.05) is 37.4 Å². The average molecular weight is 491 g/mol. The fraction of sp³-hybridized carbons (Fsp3) is 0.600. The third kappa shape index (κ3) is 5.95. The molecule has 1 fully saturated rings. The third-order valence-corrected chi connectivity index (χ3v) is 8.49. The molecule has 1 aromatic rings. The van der Waals surface area contributed by atoms with Crippen molar-refractivity contribution in [2.24, 2.45) is 0 Å². The summed E-state index contributed by atoms with van der Waals surface area (Å²) in [5.74, 6) is 0. The van der Waals surface area contributed by atoms with Crippen LogP contribution in [-0.2, 0) is 26.2 Å². The van der Waals surface area contributed by atoms with Crippen molar-refractivity contribution < 1.29 is 51.0 Å². The molecular formula is C20H32Cl2N2SiZr. The Morgan fingerprint density at radius 2 is 1.58 bits per heavy atom. The summed E-state index contributed by atoms with van der Waals surface area (Å²) in [7, 11) is -1.66. The normalized spacial score (nSPS) is 19.5. The fourth-order valence-corrected chi connectivity index (χ4v) is 8.65. The second kappa shape index (κ2) is 10.3. The van der Waals surface area contributed by atoms with E-state index in [1.54, 1.807) is 11.3 Å². The van der Waals surface area contributed by atoms with Gasteiger partial charge in [-0.05, 0) is 57.2 Å². The summed E-state index contributed by atoms with van der Waals surface area (Å²) in [6.45, 7) is 14.4. The summed E-state index contributed by atoms with van der Waals surface area (Å²) < 4.78 is 0. The molecular weight excluding hydrogens is 458 g/mol. The van der Waals surface area contributed by atoms with Gasteiger partial charge >= 0.3 is 26.2 Å². The number of allylic oxidation sites excluding steroid dienone is 1. The van der Waals surface area contributed by atoms with Crippen LogP contribution >= 0.6 is 0 Å². The van der Waals surface area contributed by atoms with Gasteiger partial charge in [0.05, 0.1) is 0 Å². The molecule has 2 nitrogen and oxygen atoms in total. The van der Waals surface area contributed by atoms with Crippen molar-refractivity contribution in [1.29, 1.82) is 0 Å². The van der Waals surface area contributed by atoms with E-state index >= 15 is 0 Å². The maximum absolute atomic E-state index is 4.02. The SMILES string of the molecule is CC(C)(C)N[Si](C)(C)C1C(N2CCCCC2)=Cc2ccccc21.[Cl-].[Cl-].[Zr+2]. The van der Waals surface area contributed by atoms with Crippen LogP contribution in [0.4, 0.5) is 0 Å². The van der Waals surface area contributed by atoms with Crippen molar-refractivity contribution in [3.63, 3.8) is 0 Å². The van der Waals surface area contributed by atoms with Crippen molar-refractivity contribution in [1.82, 2.24) is 9.88 Å². The van der Waals surface area contributed by atoms with Crippen LogP contribution in [0.1, 0.15) is 56.7 Å². The number of rotatable bonds is 3. The van der Waals surface area contributed by atoms with Gasteiger partial charge in [0.1, 0.15) is 8.24 Å². The molecule has 2 aliphatic rings. The Labute approximate surface area is 192 Å². The number of nitrogens with zero attached hydrogens (tertiary/aromatic N) is 1. The topological polar surface area (TPSA) is 15.3 Å². The quantitative estimate of drug-likeness (QED) is 0.533. The first-order valence-corrected chi connectivity index (χ1v) is 12.2. The van der Waals surface area contributed by atoms with Crippen molar-refractivity contribution in [3.05, 3.63) is 41.1 Å². The predicted molar refractivity (Wildman–Crippen MR) is 103 cm³/mol. The zero-order valence-electron chi connectivity index (χ0n) is 16.7. The first-order valence-electron chi connectivity index (χ1n) is 9.13. The molecule has 144 valence electrons. The Morgan fingerprint density at radius 3 is 2.15 bits per heavy atom. The Kier molecular flexibility index (Phi) is 10.4. The molecule has 6 heteroatoms. The molecule has 1 atom stereocenters. The molecule has 0 radical (unpaired) electrons. The maximum Gasteiger partial charge on any atom is 2.00 e. The molecule has 0 spiro atoms. The predicted octanol–water partition coefficient (Wildman–Crippen LogP) is -1.25. The molecule has 3 rings (SSSR count). The molecule has 0 bridgehead atoms. The maximum atomic E-state index is 4.02. The zero-order chi connectivity index (χ0) is 16.7. The third-order valence-electron chi connectivity index (χ3n) is 5.05. The molecule has 0 amide bonds. The first-order chi connectivity index (χ1) is 10.8. The summed E-state index contributed by atoms with van der Waals surface area (Å²) in [4.78, 5) is 6.69. The van der Waals surface area contributed by atoms with E-state index in [1.165, 1.54) is 37.9 Å². The van der Waals surface area contributed by atoms with Crippen LogP contribution in [0.5, 0.6) is 0 Å². The summed E-state index contributed by atoms with van der Waals surface area (Å²) in [6, 6.07) is 9.03. The molecule has 1 unspecified atom stereocenters. The van der Waals surface area contributed by atoms with Crippen LogP contribution in [0.2, 0.25) is 13.1 Å². The summed E-state index contributed by atoms with van der Waals surface area (Å²) in [6.07, 6.45) is 6.55. The van der Waals surface area contributed by atoms with Crippen molar-refractivity contribution in [2.75, 3.05) is 13.1 Å². The van der Waals surface area contributed by atoms with Gasteiger partial charge in [0, 0.05) is 29.9 Å². The molecule has 1 N–H and O–H groups in total. The fourth-order valence-electron chi connectivity index (χ4n) is 4.53. The van der Waals surface area contributed by atoms with Crippen LogP contribution < -0.4 is 29.8 Å². The van der Waals surface area contributed by atoms with Crippen LogP contribution in [0, 0.1) is 0 Å². The Bertz CT molecular complexity index is 608. The van der Waals surface area contributed by atoms with Crippen LogP contribution in [-0.4, -0.2) is 31.8 Å². The van der Waals surface area contributed by atoms with E-state index < -0.39 is 8.24 Å². The van der Waals surface area contributed by atoms with Crippen molar-refractivity contribution >= 4 is 14.3 Å². The van der Waals surface area contributed by atoms with Crippen molar-refractivity contribution in [2.45, 2.75) is 64.2 Å². The van der Waals surface area contributed by atoms with Crippen LogP contribution in [0.3, 0.4) is 0 Å². The van der Waals surface area contributed by atoms with Gasteiger partial charge in [-0.2, -0.15) is 0 Å². The van der Waals surface area contributed by atoms with Gasteiger partial charge < -0.3 is 34.7 Å². The number of hydrogen-bond donors (Lipinski definition) is 1. The number of halogens is 2. The second-order valence-corrected chi connectivity index (χ2v) is 13.0. The molecule has 1 saturated heterocycles. The van der Waals surface area contributed by atoms with E-state index in [0.29, 0.717) is 5.54 Å². The summed E-state index contributed by atoms with van der Waals surface area (Å²) in [5.41, 5.74) is 5.30. The first kappa shape index (κ1) is 26.4. The van der Waals surface area contributed by atoms with E-state index in [2.05, 4.69) is 74.1 Å². The van der Waals surface area contributed by atoms with E-state index in [1.807, 2.05) is 0 Å². The molecule has 26 heavy (non-hydrogen) atoms. The minimum Gasteiger partial charge on any atom is -1.00 e. The average Bonchev–Trinajstić information content (AvgIpc) is 2.86. The van der Waals surface area contributed by atoms with Gasteiger partial charge in [0.2, 0.25) is 0 Å². The monoisotopic (exact) mass is 488 g/mol. The van der Waals surface area contributed by atoms with Crippen LogP contribution in [0.25, 0.3) is 6.08 Å². The molecule has 0 saturated carbocycles. The number of benzene rings is 1. The van der Waals surface area contributed by atoms with Gasteiger partial charge in [-0.15, -0.1) is 0 Å². The van der Waals surface area contributed by atoms with E-state index in [9.17, 15) is 0 Å². The van der Waals surface area contributed by atoms with Gasteiger partial charge in [0.15, 0.2) is 0 Å². The number of likely N-dealkylation sites (tertiary alicyclic amines) is 1. The Balaban J connectivity index is 0.00000208. The van der Waals surface area contributed by atoms with E-state index in [-0.39, 0.29) is 56.6 Å². The Hall–Kier alpha value is 0.400. The van der Waals surface area contributed by atoms with Crippen molar-refractivity contribution in [3.8, 4) is 0 Å². The number of hydrogen-bond acceptors (Lipinski definition) is 2. The van der Waals surface area contributed by atoms with Gasteiger partial charge in [-0.25, -0.2) is 0 Å². The molecule has 0 aromatic heterocycles. The molecule has 1 aromatic carbocycles. The molecule has 1 aliphatic heterocycles. The second-order valence-electron chi connectivity index (χ2n) is 8.78. The Morgan fingerprint density at radius 1 is 1.00 bits per heavy atom. The van der Waals surface area contributed by atoms with Gasteiger partial charge in [0.25, 0.3) is 0 Å². The minimum atomic E-state index is -1.66. The number of nitrogens with one attached hydrogen (secondary N) is 1. The summed E-state index contributed by atoms with van der Waals surface area (Å²) >= 11 is 0. The number of fused-ring (bicyclic) bond motifs is 1. The minimum absolute atomic E-state index is 0. The standard InChI is InChI=1S/C20H32N2Si.2ClH.Zr/c1-20(2,3)21-23(4,5)19-17-12-8-7-11-16(17)15-18(19)22-13-9-6-10-14-22;;;/h7-8,11-12,15,19,21H,6,9-10,13-14H2,1-5H3;2*1H;/q;;;+2/p-2.